The van der Waals surface area contributed by atoms with Gasteiger partial charge in [0.2, 0.25) is 0 Å². The Hall–Kier alpha value is -3.38. The fourth-order valence-electron chi connectivity index (χ4n) is 4.41. The second-order valence-corrected chi connectivity index (χ2v) is 8.13. The molecule has 2 aromatic carbocycles. The van der Waals surface area contributed by atoms with Gasteiger partial charge < -0.3 is 19.5 Å². The van der Waals surface area contributed by atoms with Gasteiger partial charge in [-0.3, -0.25) is 9.59 Å². The summed E-state index contributed by atoms with van der Waals surface area (Å²) in [6.45, 7) is 3.84. The van der Waals surface area contributed by atoms with Crippen molar-refractivity contribution in [3.63, 3.8) is 0 Å². The quantitative estimate of drug-likeness (QED) is 0.696. The van der Waals surface area contributed by atoms with Crippen molar-refractivity contribution in [2.75, 3.05) is 31.5 Å². The Balaban J connectivity index is 1.27. The summed E-state index contributed by atoms with van der Waals surface area (Å²) in [6.07, 6.45) is 2.07. The van der Waals surface area contributed by atoms with E-state index in [-0.39, 0.29) is 11.8 Å². The maximum atomic E-state index is 13.1. The molecule has 6 nitrogen and oxygen atoms in total. The average molecular weight is 415 g/mol. The van der Waals surface area contributed by atoms with E-state index in [4.69, 9.17) is 4.42 Å². The Morgan fingerprint density at radius 3 is 2.32 bits per heavy atom. The van der Waals surface area contributed by atoms with Gasteiger partial charge in [-0.05, 0) is 61.4 Å². The summed E-state index contributed by atoms with van der Waals surface area (Å²) in [7, 11) is 0. The Labute approximate surface area is 181 Å². The molecular weight excluding hydrogens is 390 g/mol. The number of fused-ring (bicyclic) bond motifs is 4. The summed E-state index contributed by atoms with van der Waals surface area (Å²) in [5.74, 6) is 0.859. The molecule has 6 heteroatoms. The van der Waals surface area contributed by atoms with Gasteiger partial charge in [-0.1, -0.05) is 18.2 Å². The first-order valence-corrected chi connectivity index (χ1v) is 10.8. The molecule has 0 spiro atoms. The molecule has 158 valence electrons. The first kappa shape index (κ1) is 19.6. The maximum absolute atomic E-state index is 13.1. The van der Waals surface area contributed by atoms with E-state index in [0.29, 0.717) is 28.8 Å². The van der Waals surface area contributed by atoms with E-state index >= 15 is 0 Å². The minimum absolute atomic E-state index is 0.0215. The molecule has 3 aromatic rings. The molecule has 1 aromatic heterocycles. The van der Waals surface area contributed by atoms with Crippen LogP contribution in [0.15, 0.2) is 71.1 Å². The lowest BCUT2D eigenvalue weighted by Crippen LogP contribution is -2.41. The SMILES string of the molecule is O=C(Nc1ccc(-c2ccc(C(=O)N3CCN4CCC3CC4)o2)cc1)c1ccccc1. The summed E-state index contributed by atoms with van der Waals surface area (Å²) in [5, 5.41) is 2.89. The Kier molecular flexibility index (Phi) is 5.30. The van der Waals surface area contributed by atoms with E-state index in [9.17, 15) is 9.59 Å². The normalized spacial score (nSPS) is 20.3. The number of hydrogen-bond donors (Lipinski definition) is 1. The third-order valence-corrected chi connectivity index (χ3v) is 6.20. The van der Waals surface area contributed by atoms with Gasteiger partial charge in [0.25, 0.3) is 11.8 Å². The number of nitrogens with zero attached hydrogens (tertiary/aromatic N) is 2. The standard InChI is InChI=1S/C25H25N3O3/c29-24(19-4-2-1-3-5-19)26-20-8-6-18(7-9-20)22-10-11-23(31-22)25(30)28-17-16-27-14-12-21(28)13-15-27/h1-11,21H,12-17H2,(H,26,29). The van der Waals surface area contributed by atoms with E-state index in [2.05, 4.69) is 10.2 Å². The number of piperidine rings is 1. The predicted octanol–water partition coefficient (Wildman–Crippen LogP) is 4.12. The molecule has 0 aliphatic carbocycles. The van der Waals surface area contributed by atoms with Gasteiger partial charge in [-0.2, -0.15) is 0 Å². The molecule has 31 heavy (non-hydrogen) atoms. The number of furan rings is 1. The smallest absolute Gasteiger partial charge is 0.289 e. The first-order valence-electron chi connectivity index (χ1n) is 10.8. The van der Waals surface area contributed by atoms with Gasteiger partial charge in [0, 0.05) is 49.0 Å². The third-order valence-electron chi connectivity index (χ3n) is 6.20. The van der Waals surface area contributed by atoms with Crippen molar-refractivity contribution in [1.29, 1.82) is 0 Å². The highest BCUT2D eigenvalue weighted by Crippen LogP contribution is 2.27. The van der Waals surface area contributed by atoms with Crippen molar-refractivity contribution in [3.05, 3.63) is 78.1 Å². The minimum atomic E-state index is -0.151. The molecule has 3 saturated heterocycles. The summed E-state index contributed by atoms with van der Waals surface area (Å²) in [4.78, 5) is 29.8. The Bertz CT molecular complexity index is 1070. The number of amides is 2. The number of rotatable bonds is 4. The Morgan fingerprint density at radius 1 is 0.839 bits per heavy atom. The number of carbonyl (C=O) groups excluding carboxylic acids is 2. The molecule has 0 unspecified atom stereocenters. The van der Waals surface area contributed by atoms with Crippen LogP contribution in [0.25, 0.3) is 11.3 Å². The molecule has 6 rings (SSSR count). The van der Waals surface area contributed by atoms with Crippen molar-refractivity contribution in [2.45, 2.75) is 18.9 Å². The summed E-state index contributed by atoms with van der Waals surface area (Å²) < 4.78 is 5.93. The number of hydrogen-bond acceptors (Lipinski definition) is 4. The lowest BCUT2D eigenvalue weighted by molar-refractivity contribution is 0.0653. The highest BCUT2D eigenvalue weighted by Gasteiger charge is 2.33. The molecular formula is C25H25N3O3. The lowest BCUT2D eigenvalue weighted by Gasteiger charge is -2.30. The molecule has 0 saturated carbocycles. The molecule has 2 amide bonds. The van der Waals surface area contributed by atoms with Crippen LogP contribution in [0.1, 0.15) is 33.8 Å². The van der Waals surface area contributed by atoms with Crippen LogP contribution in [0.5, 0.6) is 0 Å². The third kappa shape index (κ3) is 4.11. The fraction of sp³-hybridized carbons (Fsp3) is 0.280. The summed E-state index contributed by atoms with van der Waals surface area (Å²) in [5.41, 5.74) is 2.18. The highest BCUT2D eigenvalue weighted by atomic mass is 16.4. The maximum Gasteiger partial charge on any atom is 0.289 e. The van der Waals surface area contributed by atoms with E-state index in [1.807, 2.05) is 53.4 Å². The molecule has 3 aliphatic heterocycles. The predicted molar refractivity (Wildman–Crippen MR) is 119 cm³/mol. The summed E-state index contributed by atoms with van der Waals surface area (Å²) in [6, 6.07) is 20.5. The van der Waals surface area contributed by atoms with Crippen LogP contribution in [-0.4, -0.2) is 53.8 Å². The monoisotopic (exact) mass is 415 g/mol. The van der Waals surface area contributed by atoms with Crippen LogP contribution in [0, 0.1) is 0 Å². The zero-order chi connectivity index (χ0) is 21.2. The molecule has 3 aliphatic rings. The zero-order valence-corrected chi connectivity index (χ0v) is 17.3. The van der Waals surface area contributed by atoms with Crippen molar-refractivity contribution < 1.29 is 14.0 Å². The van der Waals surface area contributed by atoms with Gasteiger partial charge in [0.1, 0.15) is 5.76 Å². The van der Waals surface area contributed by atoms with E-state index < -0.39 is 0 Å². The van der Waals surface area contributed by atoms with Crippen molar-refractivity contribution >= 4 is 17.5 Å². The molecule has 2 bridgehead atoms. The zero-order valence-electron chi connectivity index (χ0n) is 17.3. The second-order valence-electron chi connectivity index (χ2n) is 8.13. The number of nitrogens with one attached hydrogen (secondary N) is 1. The second kappa shape index (κ2) is 8.40. The van der Waals surface area contributed by atoms with Crippen LogP contribution in [0.3, 0.4) is 0 Å². The molecule has 3 fully saturated rings. The van der Waals surface area contributed by atoms with Gasteiger partial charge in [0.05, 0.1) is 0 Å². The fourth-order valence-corrected chi connectivity index (χ4v) is 4.41. The van der Waals surface area contributed by atoms with Crippen molar-refractivity contribution in [3.8, 4) is 11.3 Å². The van der Waals surface area contributed by atoms with Crippen LogP contribution in [0.4, 0.5) is 5.69 Å². The first-order chi connectivity index (χ1) is 15.2. The largest absolute Gasteiger partial charge is 0.451 e. The Morgan fingerprint density at radius 2 is 1.58 bits per heavy atom. The minimum Gasteiger partial charge on any atom is -0.451 e. The van der Waals surface area contributed by atoms with Gasteiger partial charge in [0.15, 0.2) is 5.76 Å². The van der Waals surface area contributed by atoms with Crippen molar-refractivity contribution in [1.82, 2.24) is 9.80 Å². The van der Waals surface area contributed by atoms with Crippen LogP contribution >= 0.6 is 0 Å². The molecule has 4 heterocycles. The van der Waals surface area contributed by atoms with Crippen LogP contribution < -0.4 is 5.32 Å². The van der Waals surface area contributed by atoms with Crippen LogP contribution in [0.2, 0.25) is 0 Å². The van der Waals surface area contributed by atoms with E-state index in [1.54, 1.807) is 18.2 Å². The van der Waals surface area contributed by atoms with Gasteiger partial charge >= 0.3 is 0 Å². The van der Waals surface area contributed by atoms with Crippen LogP contribution in [-0.2, 0) is 0 Å². The topological polar surface area (TPSA) is 65.8 Å². The number of anilines is 1. The number of carbonyl (C=O) groups is 2. The number of benzene rings is 2. The molecule has 1 N–H and O–H groups in total. The van der Waals surface area contributed by atoms with Gasteiger partial charge in [-0.15, -0.1) is 0 Å². The van der Waals surface area contributed by atoms with Gasteiger partial charge in [-0.25, -0.2) is 0 Å². The summed E-state index contributed by atoms with van der Waals surface area (Å²) >= 11 is 0. The van der Waals surface area contributed by atoms with E-state index in [1.165, 1.54) is 0 Å². The van der Waals surface area contributed by atoms with E-state index in [0.717, 1.165) is 44.6 Å². The molecule has 0 atom stereocenters. The lowest BCUT2D eigenvalue weighted by atomic mass is 10.1. The van der Waals surface area contributed by atoms with Crippen molar-refractivity contribution in [2.24, 2.45) is 0 Å². The molecule has 0 radical (unpaired) electrons. The average Bonchev–Trinajstić information content (AvgIpc) is 3.12. The highest BCUT2D eigenvalue weighted by molar-refractivity contribution is 6.04.